The average Bonchev–Trinajstić information content (AvgIpc) is 3.24. The van der Waals surface area contributed by atoms with Gasteiger partial charge in [0.1, 0.15) is 0 Å². The number of nitrogens with one attached hydrogen (secondary N) is 1. The van der Waals surface area contributed by atoms with Gasteiger partial charge in [-0.3, -0.25) is 0 Å². The summed E-state index contributed by atoms with van der Waals surface area (Å²) in [6.45, 7) is 2.20. The fraction of sp³-hybridized carbons (Fsp3) is 0.600. The molecule has 1 unspecified atom stereocenters. The van der Waals surface area contributed by atoms with E-state index >= 15 is 0 Å². The molecule has 4 rings (SSSR count). The predicted molar refractivity (Wildman–Crippen MR) is 79.0 cm³/mol. The minimum atomic E-state index is 0.593. The van der Waals surface area contributed by atoms with E-state index in [1.165, 1.54) is 32.1 Å². The van der Waals surface area contributed by atoms with E-state index in [0.29, 0.717) is 12.1 Å². The van der Waals surface area contributed by atoms with Gasteiger partial charge in [0.05, 0.1) is 0 Å². The standard InChI is InChI=1S/C15H21N5/c1-3-9-16-12(5-1)11-19(13-7-8-13)15-17-14-6-2-4-10-20(14)18-15/h2,4,6,10,12-13,16H,1,3,5,7-9,11H2. The number of aromatic nitrogens is 3. The number of anilines is 1. The lowest BCUT2D eigenvalue weighted by atomic mass is 10.0. The van der Waals surface area contributed by atoms with Gasteiger partial charge in [0.2, 0.25) is 5.95 Å². The molecule has 106 valence electrons. The fourth-order valence-corrected chi connectivity index (χ4v) is 3.04. The topological polar surface area (TPSA) is 45.5 Å². The third-order valence-corrected chi connectivity index (χ3v) is 4.30. The summed E-state index contributed by atoms with van der Waals surface area (Å²) in [6.07, 6.45) is 8.46. The van der Waals surface area contributed by atoms with Crippen molar-refractivity contribution in [3.8, 4) is 0 Å². The number of hydrogen-bond acceptors (Lipinski definition) is 4. The second-order valence-corrected chi connectivity index (χ2v) is 5.95. The Kier molecular flexibility index (Phi) is 3.07. The summed E-state index contributed by atoms with van der Waals surface area (Å²) in [6, 6.07) is 7.26. The molecule has 0 aromatic carbocycles. The minimum absolute atomic E-state index is 0.593. The molecular formula is C15H21N5. The van der Waals surface area contributed by atoms with Crippen LogP contribution in [-0.4, -0.2) is 39.8 Å². The fourth-order valence-electron chi connectivity index (χ4n) is 3.04. The second-order valence-electron chi connectivity index (χ2n) is 5.95. The van der Waals surface area contributed by atoms with E-state index in [0.717, 1.165) is 24.7 Å². The summed E-state index contributed by atoms with van der Waals surface area (Å²) in [5.41, 5.74) is 0.935. The zero-order valence-corrected chi connectivity index (χ0v) is 11.7. The van der Waals surface area contributed by atoms with Crippen LogP contribution in [0, 0.1) is 0 Å². The molecule has 5 nitrogen and oxygen atoms in total. The van der Waals surface area contributed by atoms with Crippen molar-refractivity contribution >= 4 is 11.6 Å². The van der Waals surface area contributed by atoms with Crippen LogP contribution in [0.15, 0.2) is 24.4 Å². The largest absolute Gasteiger partial charge is 0.335 e. The highest BCUT2D eigenvalue weighted by Gasteiger charge is 2.33. The van der Waals surface area contributed by atoms with E-state index in [9.17, 15) is 0 Å². The lowest BCUT2D eigenvalue weighted by molar-refractivity contribution is 0.397. The minimum Gasteiger partial charge on any atom is -0.335 e. The number of fused-ring (bicyclic) bond motifs is 1. The molecule has 0 radical (unpaired) electrons. The molecule has 1 atom stereocenters. The van der Waals surface area contributed by atoms with Crippen LogP contribution >= 0.6 is 0 Å². The number of hydrogen-bond donors (Lipinski definition) is 1. The average molecular weight is 271 g/mol. The molecule has 20 heavy (non-hydrogen) atoms. The van der Waals surface area contributed by atoms with Crippen molar-refractivity contribution in [2.24, 2.45) is 0 Å². The second kappa shape index (κ2) is 5.05. The van der Waals surface area contributed by atoms with Crippen molar-refractivity contribution in [3.05, 3.63) is 24.4 Å². The Bertz CT molecular complexity index is 550. The van der Waals surface area contributed by atoms with Crippen LogP contribution < -0.4 is 10.2 Å². The van der Waals surface area contributed by atoms with Gasteiger partial charge in [-0.15, -0.1) is 5.10 Å². The quantitative estimate of drug-likeness (QED) is 0.921. The molecule has 1 saturated carbocycles. The Labute approximate surface area is 119 Å². The first-order valence-corrected chi connectivity index (χ1v) is 7.71. The number of piperidine rings is 1. The first kappa shape index (κ1) is 12.1. The number of rotatable bonds is 4. The molecule has 2 aromatic heterocycles. The maximum atomic E-state index is 4.69. The first-order valence-electron chi connectivity index (χ1n) is 7.71. The lowest BCUT2D eigenvalue weighted by Gasteiger charge is -2.30. The third-order valence-electron chi connectivity index (χ3n) is 4.30. The van der Waals surface area contributed by atoms with Crippen molar-refractivity contribution in [1.29, 1.82) is 0 Å². The highest BCUT2D eigenvalue weighted by atomic mass is 15.4. The highest BCUT2D eigenvalue weighted by molar-refractivity contribution is 5.45. The normalized spacial score (nSPS) is 23.1. The van der Waals surface area contributed by atoms with Crippen LogP contribution in [0.25, 0.3) is 5.65 Å². The van der Waals surface area contributed by atoms with Crippen LogP contribution in [-0.2, 0) is 0 Å². The van der Waals surface area contributed by atoms with Gasteiger partial charge in [-0.05, 0) is 44.4 Å². The van der Waals surface area contributed by atoms with E-state index in [1.807, 2.05) is 28.9 Å². The molecule has 1 N–H and O–H groups in total. The monoisotopic (exact) mass is 271 g/mol. The van der Waals surface area contributed by atoms with Crippen molar-refractivity contribution in [2.45, 2.75) is 44.2 Å². The van der Waals surface area contributed by atoms with E-state index < -0.39 is 0 Å². The van der Waals surface area contributed by atoms with Crippen LogP contribution in [0.3, 0.4) is 0 Å². The molecule has 1 saturated heterocycles. The highest BCUT2D eigenvalue weighted by Crippen LogP contribution is 2.30. The zero-order valence-electron chi connectivity index (χ0n) is 11.7. The van der Waals surface area contributed by atoms with Crippen molar-refractivity contribution < 1.29 is 0 Å². The molecule has 2 aromatic rings. The van der Waals surface area contributed by atoms with Crippen LogP contribution in [0.1, 0.15) is 32.1 Å². The lowest BCUT2D eigenvalue weighted by Crippen LogP contribution is -2.45. The molecular weight excluding hydrogens is 250 g/mol. The predicted octanol–water partition coefficient (Wildman–Crippen LogP) is 1.84. The van der Waals surface area contributed by atoms with E-state index in [2.05, 4.69) is 20.3 Å². The third kappa shape index (κ3) is 2.38. The summed E-state index contributed by atoms with van der Waals surface area (Å²) in [7, 11) is 0. The van der Waals surface area contributed by atoms with Gasteiger partial charge >= 0.3 is 0 Å². The van der Waals surface area contributed by atoms with Crippen molar-refractivity contribution in [3.63, 3.8) is 0 Å². The molecule has 0 amide bonds. The Morgan fingerprint density at radius 1 is 1.25 bits per heavy atom. The molecule has 5 heteroatoms. The molecule has 0 bridgehead atoms. The maximum absolute atomic E-state index is 4.69. The summed E-state index contributed by atoms with van der Waals surface area (Å²) in [5.74, 6) is 0.895. The molecule has 1 aliphatic carbocycles. The Balaban J connectivity index is 1.58. The Morgan fingerprint density at radius 3 is 2.95 bits per heavy atom. The van der Waals surface area contributed by atoms with E-state index in [4.69, 9.17) is 0 Å². The van der Waals surface area contributed by atoms with Crippen molar-refractivity contribution in [2.75, 3.05) is 18.0 Å². The van der Waals surface area contributed by atoms with Gasteiger partial charge in [-0.1, -0.05) is 12.5 Å². The van der Waals surface area contributed by atoms with Crippen LogP contribution in [0.5, 0.6) is 0 Å². The number of pyridine rings is 1. The van der Waals surface area contributed by atoms with Gasteiger partial charge in [0, 0.05) is 24.8 Å². The van der Waals surface area contributed by atoms with Crippen molar-refractivity contribution in [1.82, 2.24) is 19.9 Å². The van der Waals surface area contributed by atoms with E-state index in [-0.39, 0.29) is 0 Å². The summed E-state index contributed by atoms with van der Waals surface area (Å²) in [4.78, 5) is 7.10. The van der Waals surface area contributed by atoms with Crippen LogP contribution in [0.4, 0.5) is 5.95 Å². The van der Waals surface area contributed by atoms with Gasteiger partial charge in [0.15, 0.2) is 5.65 Å². The molecule has 1 aliphatic heterocycles. The van der Waals surface area contributed by atoms with Gasteiger partial charge in [-0.25, -0.2) is 4.52 Å². The smallest absolute Gasteiger partial charge is 0.245 e. The number of nitrogens with zero attached hydrogens (tertiary/aromatic N) is 4. The molecule has 2 fully saturated rings. The maximum Gasteiger partial charge on any atom is 0.245 e. The van der Waals surface area contributed by atoms with Gasteiger partial charge in [-0.2, -0.15) is 4.98 Å². The van der Waals surface area contributed by atoms with Crippen LogP contribution in [0.2, 0.25) is 0 Å². The summed E-state index contributed by atoms with van der Waals surface area (Å²) < 4.78 is 1.87. The molecule has 0 spiro atoms. The molecule has 2 aliphatic rings. The summed E-state index contributed by atoms with van der Waals surface area (Å²) in [5, 5.41) is 8.28. The summed E-state index contributed by atoms with van der Waals surface area (Å²) >= 11 is 0. The molecule has 3 heterocycles. The van der Waals surface area contributed by atoms with Gasteiger partial charge < -0.3 is 10.2 Å². The first-order chi connectivity index (χ1) is 9.90. The Hall–Kier alpha value is -1.62. The van der Waals surface area contributed by atoms with E-state index in [1.54, 1.807) is 0 Å². The van der Waals surface area contributed by atoms with Gasteiger partial charge in [0.25, 0.3) is 0 Å². The Morgan fingerprint density at radius 2 is 2.20 bits per heavy atom. The zero-order chi connectivity index (χ0) is 13.4. The SMILES string of the molecule is c1ccn2nc(N(CC3CCCCN3)C3CC3)nc2c1.